The number of nitriles is 1. The lowest BCUT2D eigenvalue weighted by Gasteiger charge is -2.44. The molecule has 156 valence electrons. The molecule has 0 radical (unpaired) electrons. The Morgan fingerprint density at radius 1 is 1.45 bits per heavy atom. The predicted octanol–water partition coefficient (Wildman–Crippen LogP) is 2.75. The topological polar surface area (TPSA) is 103 Å². The van der Waals surface area contributed by atoms with E-state index < -0.39 is 5.60 Å². The van der Waals surface area contributed by atoms with E-state index >= 15 is 0 Å². The zero-order chi connectivity index (χ0) is 21.2. The van der Waals surface area contributed by atoms with E-state index in [1.165, 1.54) is 0 Å². The number of fused-ring (bicyclic) bond motifs is 1. The van der Waals surface area contributed by atoms with Crippen molar-refractivity contribution in [3.63, 3.8) is 0 Å². The minimum atomic E-state index is -0.512. The monoisotopic (exact) mass is 400 g/mol. The van der Waals surface area contributed by atoms with E-state index in [1.807, 2.05) is 34.9 Å². The van der Waals surface area contributed by atoms with Crippen molar-refractivity contribution in [1.82, 2.24) is 14.8 Å². The van der Waals surface area contributed by atoms with Gasteiger partial charge in [-0.05, 0) is 33.6 Å². The minimum Gasteiger partial charge on any atom is -0.486 e. The third-order valence-corrected chi connectivity index (χ3v) is 4.80. The number of aromatic nitrogens is 1. The number of nitrogens with zero attached hydrogens (tertiary/aromatic N) is 5. The average molecular weight is 400 g/mol. The second-order valence-corrected chi connectivity index (χ2v) is 8.68. The molecule has 1 fully saturated rings. The Bertz CT molecular complexity index is 845. The summed E-state index contributed by atoms with van der Waals surface area (Å²) in [6, 6.07) is 2.18. The van der Waals surface area contributed by atoms with E-state index in [1.54, 1.807) is 22.3 Å². The van der Waals surface area contributed by atoms with Crippen LogP contribution in [0.4, 0.5) is 16.3 Å². The number of aliphatic imine (C=N–C) groups is 1. The number of carbonyl (C=O) groups is 1. The zero-order valence-electron chi connectivity index (χ0n) is 17.7. The van der Waals surface area contributed by atoms with Crippen molar-refractivity contribution in [2.24, 2.45) is 4.99 Å². The van der Waals surface area contributed by atoms with Crippen molar-refractivity contribution in [3.8, 4) is 11.8 Å². The highest BCUT2D eigenvalue weighted by Crippen LogP contribution is 2.41. The standard InChI is InChI=1S/C20H28N6O3/c1-19(2,3)29-18(27)26-8-6-20(7-9-26)12-28-16-14(10-21)15(23-13-25(4)5)11-22-17(16)24-20/h11,13H,6-9,12H2,1-5H3,(H,22,24). The second-order valence-electron chi connectivity index (χ2n) is 8.68. The molecule has 3 heterocycles. The van der Waals surface area contributed by atoms with Crippen LogP contribution in [0.3, 0.4) is 0 Å². The molecule has 0 aromatic carbocycles. The van der Waals surface area contributed by atoms with E-state index in [0.717, 1.165) is 0 Å². The maximum absolute atomic E-state index is 12.3. The van der Waals surface area contributed by atoms with E-state index in [9.17, 15) is 10.1 Å². The van der Waals surface area contributed by atoms with Crippen LogP contribution in [-0.2, 0) is 4.74 Å². The van der Waals surface area contributed by atoms with Gasteiger partial charge in [-0.1, -0.05) is 0 Å². The Labute approximate surface area is 171 Å². The van der Waals surface area contributed by atoms with Gasteiger partial charge in [-0.25, -0.2) is 14.8 Å². The molecule has 1 aromatic heterocycles. The molecule has 9 nitrogen and oxygen atoms in total. The Balaban J connectivity index is 1.72. The lowest BCUT2D eigenvalue weighted by Crippen LogP contribution is -2.56. The summed E-state index contributed by atoms with van der Waals surface area (Å²) in [5.74, 6) is 0.975. The summed E-state index contributed by atoms with van der Waals surface area (Å²) in [5, 5.41) is 13.1. The molecule has 1 aromatic rings. The normalized spacial score (nSPS) is 17.9. The summed E-state index contributed by atoms with van der Waals surface area (Å²) in [6.07, 6.45) is 4.31. The van der Waals surface area contributed by atoms with Crippen molar-refractivity contribution < 1.29 is 14.3 Å². The summed E-state index contributed by atoms with van der Waals surface area (Å²) in [7, 11) is 3.71. The molecule has 1 amide bonds. The molecule has 0 unspecified atom stereocenters. The second kappa shape index (κ2) is 7.78. The lowest BCUT2D eigenvalue weighted by molar-refractivity contribution is 0.0149. The summed E-state index contributed by atoms with van der Waals surface area (Å²) in [4.78, 5) is 24.5. The number of piperidine rings is 1. The average Bonchev–Trinajstić information content (AvgIpc) is 2.64. The fraction of sp³-hybridized carbons (Fsp3) is 0.600. The first-order valence-electron chi connectivity index (χ1n) is 9.65. The highest BCUT2D eigenvalue weighted by atomic mass is 16.6. The number of pyridine rings is 1. The van der Waals surface area contributed by atoms with Crippen LogP contribution in [0.1, 0.15) is 39.2 Å². The van der Waals surface area contributed by atoms with E-state index in [2.05, 4.69) is 21.4 Å². The van der Waals surface area contributed by atoms with Gasteiger partial charge in [0.1, 0.15) is 29.5 Å². The lowest BCUT2D eigenvalue weighted by atomic mass is 9.87. The first-order valence-corrected chi connectivity index (χ1v) is 9.65. The van der Waals surface area contributed by atoms with Crippen LogP contribution in [0.15, 0.2) is 11.2 Å². The summed E-state index contributed by atoms with van der Waals surface area (Å²) in [5.41, 5.74) is 0.000546. The quantitative estimate of drug-likeness (QED) is 0.601. The van der Waals surface area contributed by atoms with Crippen LogP contribution in [-0.4, -0.2) is 72.1 Å². The summed E-state index contributed by atoms with van der Waals surface area (Å²) >= 11 is 0. The zero-order valence-corrected chi connectivity index (χ0v) is 17.7. The van der Waals surface area contributed by atoms with E-state index in [0.29, 0.717) is 55.4 Å². The molecule has 0 atom stereocenters. The SMILES string of the molecule is CN(C)C=Nc1cnc2c(c1C#N)OCC1(CCN(C(=O)OC(C)(C)C)CC1)N2. The largest absolute Gasteiger partial charge is 0.486 e. The number of ether oxygens (including phenoxy) is 2. The number of carbonyl (C=O) groups excluding carboxylic acids is 1. The molecule has 9 heteroatoms. The molecular formula is C20H28N6O3. The molecule has 0 aliphatic carbocycles. The summed E-state index contributed by atoms with van der Waals surface area (Å²) < 4.78 is 11.5. The van der Waals surface area contributed by atoms with Gasteiger partial charge in [-0.3, -0.25) is 0 Å². The highest BCUT2D eigenvalue weighted by molar-refractivity contribution is 5.73. The van der Waals surface area contributed by atoms with Gasteiger partial charge in [0, 0.05) is 27.2 Å². The molecule has 1 N–H and O–H groups in total. The fourth-order valence-electron chi connectivity index (χ4n) is 3.31. The van der Waals surface area contributed by atoms with Gasteiger partial charge in [0.2, 0.25) is 0 Å². The van der Waals surface area contributed by atoms with Gasteiger partial charge in [0.05, 0.1) is 18.1 Å². The molecule has 0 saturated carbocycles. The molecule has 1 spiro atoms. The van der Waals surface area contributed by atoms with Crippen LogP contribution in [0, 0.1) is 11.3 Å². The smallest absolute Gasteiger partial charge is 0.410 e. The first-order chi connectivity index (χ1) is 13.6. The Kier molecular flexibility index (Phi) is 5.55. The van der Waals surface area contributed by atoms with Crippen LogP contribution < -0.4 is 10.1 Å². The third kappa shape index (κ3) is 4.70. The van der Waals surface area contributed by atoms with Crippen molar-refractivity contribution >= 4 is 23.9 Å². The van der Waals surface area contributed by atoms with Crippen LogP contribution in [0.25, 0.3) is 0 Å². The molecular weight excluding hydrogens is 372 g/mol. The number of rotatable bonds is 2. The molecule has 0 bridgehead atoms. The molecule has 3 rings (SSSR count). The number of hydrogen-bond donors (Lipinski definition) is 1. The highest BCUT2D eigenvalue weighted by Gasteiger charge is 2.41. The van der Waals surface area contributed by atoms with E-state index in [4.69, 9.17) is 9.47 Å². The predicted molar refractivity (Wildman–Crippen MR) is 110 cm³/mol. The number of amides is 1. The van der Waals surface area contributed by atoms with E-state index in [-0.39, 0.29) is 11.6 Å². The number of nitrogens with one attached hydrogen (secondary N) is 1. The minimum absolute atomic E-state index is 0.294. The maximum atomic E-state index is 12.3. The van der Waals surface area contributed by atoms with Gasteiger partial charge >= 0.3 is 6.09 Å². The molecule has 29 heavy (non-hydrogen) atoms. The fourth-order valence-corrected chi connectivity index (χ4v) is 3.31. The Morgan fingerprint density at radius 3 is 2.72 bits per heavy atom. The van der Waals surface area contributed by atoms with Crippen LogP contribution >= 0.6 is 0 Å². The van der Waals surface area contributed by atoms with Gasteiger partial charge < -0.3 is 24.6 Å². The van der Waals surface area contributed by atoms with Crippen molar-refractivity contribution in [2.75, 3.05) is 39.1 Å². The number of anilines is 1. The molecule has 2 aliphatic heterocycles. The van der Waals surface area contributed by atoms with Gasteiger partial charge in [0.15, 0.2) is 11.6 Å². The van der Waals surface area contributed by atoms with Gasteiger partial charge in [0.25, 0.3) is 0 Å². The van der Waals surface area contributed by atoms with Gasteiger partial charge in [-0.15, -0.1) is 0 Å². The third-order valence-electron chi connectivity index (χ3n) is 4.80. The Morgan fingerprint density at radius 2 is 2.14 bits per heavy atom. The van der Waals surface area contributed by atoms with Crippen molar-refractivity contribution in [1.29, 1.82) is 5.26 Å². The first kappa shape index (κ1) is 20.7. The number of likely N-dealkylation sites (tertiary alicyclic amines) is 1. The van der Waals surface area contributed by atoms with Crippen LogP contribution in [0.2, 0.25) is 0 Å². The number of hydrogen-bond acceptors (Lipinski definition) is 7. The molecule has 1 saturated heterocycles. The van der Waals surface area contributed by atoms with Crippen LogP contribution in [0.5, 0.6) is 5.75 Å². The Hall–Kier alpha value is -3.02. The molecule has 2 aliphatic rings. The maximum Gasteiger partial charge on any atom is 0.410 e. The van der Waals surface area contributed by atoms with Gasteiger partial charge in [-0.2, -0.15) is 5.26 Å². The van der Waals surface area contributed by atoms with Crippen molar-refractivity contribution in [3.05, 3.63) is 11.8 Å². The van der Waals surface area contributed by atoms with Crippen molar-refractivity contribution in [2.45, 2.75) is 44.8 Å². The summed E-state index contributed by atoms with van der Waals surface area (Å²) in [6.45, 7) is 7.12.